The second-order valence-corrected chi connectivity index (χ2v) is 7.06. The molecule has 2 aromatic heterocycles. The summed E-state index contributed by atoms with van der Waals surface area (Å²) in [6, 6.07) is 8.09. The Labute approximate surface area is 166 Å². The van der Waals surface area contributed by atoms with Gasteiger partial charge in [-0.25, -0.2) is 18.7 Å². The Morgan fingerprint density at radius 2 is 1.69 bits per heavy atom. The number of ether oxygens (including phenoxy) is 1. The number of carbonyl (C=O) groups excluding carboxylic acids is 1. The van der Waals surface area contributed by atoms with Crippen LogP contribution in [0.15, 0.2) is 48.9 Å². The molecule has 3 aromatic rings. The zero-order chi connectivity index (χ0) is 20.2. The standard InChI is InChI=1S/C21H20F2N4O2/c22-15-3-1-13(2-4-15)14-9-19(24-10-14)20(28)27-17-5-7-18(8-6-17)29-21-25-11-16(23)12-26-21/h1-4,9-12,17-18,24H,5-8H2,(H,27,28). The predicted octanol–water partition coefficient (Wildman–Crippen LogP) is 3.87. The van der Waals surface area contributed by atoms with Gasteiger partial charge in [-0.15, -0.1) is 0 Å². The van der Waals surface area contributed by atoms with Gasteiger partial charge in [0.1, 0.15) is 17.6 Å². The Morgan fingerprint density at radius 1 is 1.00 bits per heavy atom. The molecule has 0 bridgehead atoms. The highest BCUT2D eigenvalue weighted by Gasteiger charge is 2.25. The summed E-state index contributed by atoms with van der Waals surface area (Å²) in [5.41, 5.74) is 2.12. The number of carbonyl (C=O) groups is 1. The topological polar surface area (TPSA) is 79.9 Å². The minimum absolute atomic E-state index is 0.0501. The van der Waals surface area contributed by atoms with Crippen molar-refractivity contribution in [1.29, 1.82) is 0 Å². The Hall–Kier alpha value is -3.29. The van der Waals surface area contributed by atoms with Crippen molar-refractivity contribution < 1.29 is 18.3 Å². The lowest BCUT2D eigenvalue weighted by molar-refractivity contribution is 0.0881. The molecular formula is C21H20F2N4O2. The van der Waals surface area contributed by atoms with E-state index in [0.29, 0.717) is 5.69 Å². The summed E-state index contributed by atoms with van der Waals surface area (Å²) in [4.78, 5) is 23.1. The Morgan fingerprint density at radius 3 is 2.38 bits per heavy atom. The van der Waals surface area contributed by atoms with Crippen LogP contribution in [0.2, 0.25) is 0 Å². The van der Waals surface area contributed by atoms with E-state index >= 15 is 0 Å². The third-order valence-electron chi connectivity index (χ3n) is 4.98. The summed E-state index contributed by atoms with van der Waals surface area (Å²) in [6.45, 7) is 0. The Bertz CT molecular complexity index is 965. The van der Waals surface area contributed by atoms with Crippen molar-refractivity contribution in [3.8, 4) is 17.1 Å². The molecule has 1 aromatic carbocycles. The molecule has 29 heavy (non-hydrogen) atoms. The monoisotopic (exact) mass is 398 g/mol. The molecule has 0 aliphatic heterocycles. The molecule has 6 nitrogen and oxygen atoms in total. The lowest BCUT2D eigenvalue weighted by Crippen LogP contribution is -2.39. The van der Waals surface area contributed by atoms with Gasteiger partial charge in [-0.1, -0.05) is 12.1 Å². The number of nitrogens with zero attached hydrogens (tertiary/aromatic N) is 2. The van der Waals surface area contributed by atoms with E-state index in [9.17, 15) is 13.6 Å². The molecule has 1 aliphatic rings. The van der Waals surface area contributed by atoms with Crippen LogP contribution in [-0.4, -0.2) is 33.0 Å². The molecule has 0 atom stereocenters. The van der Waals surface area contributed by atoms with Crippen LogP contribution in [0.3, 0.4) is 0 Å². The summed E-state index contributed by atoms with van der Waals surface area (Å²) in [5.74, 6) is -0.979. The lowest BCUT2D eigenvalue weighted by Gasteiger charge is -2.28. The third-order valence-corrected chi connectivity index (χ3v) is 4.98. The number of nitrogens with one attached hydrogen (secondary N) is 2. The van der Waals surface area contributed by atoms with Gasteiger partial charge in [-0.05, 0) is 55.0 Å². The van der Waals surface area contributed by atoms with Crippen molar-refractivity contribution in [2.24, 2.45) is 0 Å². The summed E-state index contributed by atoms with van der Waals surface area (Å²) >= 11 is 0. The number of hydrogen-bond donors (Lipinski definition) is 2. The number of aromatic nitrogens is 3. The first kappa shape index (κ1) is 19.0. The van der Waals surface area contributed by atoms with Crippen molar-refractivity contribution in [2.75, 3.05) is 0 Å². The number of benzene rings is 1. The van der Waals surface area contributed by atoms with Crippen molar-refractivity contribution in [1.82, 2.24) is 20.3 Å². The first-order chi connectivity index (χ1) is 14.1. The maximum Gasteiger partial charge on any atom is 0.316 e. The third kappa shape index (κ3) is 4.77. The lowest BCUT2D eigenvalue weighted by atomic mass is 9.93. The van der Waals surface area contributed by atoms with Crippen LogP contribution >= 0.6 is 0 Å². The first-order valence-corrected chi connectivity index (χ1v) is 9.46. The van der Waals surface area contributed by atoms with Crippen molar-refractivity contribution in [3.63, 3.8) is 0 Å². The van der Waals surface area contributed by atoms with E-state index in [4.69, 9.17) is 4.74 Å². The highest BCUT2D eigenvalue weighted by Crippen LogP contribution is 2.24. The van der Waals surface area contributed by atoms with Gasteiger partial charge in [0.05, 0.1) is 12.4 Å². The number of amides is 1. The molecule has 0 spiro atoms. The van der Waals surface area contributed by atoms with Gasteiger partial charge in [-0.2, -0.15) is 0 Å². The molecule has 2 N–H and O–H groups in total. The number of aromatic amines is 1. The SMILES string of the molecule is O=C(NC1CCC(Oc2ncc(F)cn2)CC1)c1cc(-c2ccc(F)cc2)c[nH]1. The normalized spacial score (nSPS) is 19.0. The quantitative estimate of drug-likeness (QED) is 0.684. The van der Waals surface area contributed by atoms with Gasteiger partial charge < -0.3 is 15.0 Å². The Kier molecular flexibility index (Phi) is 5.50. The summed E-state index contributed by atoms with van der Waals surface area (Å²) in [6.07, 6.45) is 6.86. The van der Waals surface area contributed by atoms with Crippen LogP contribution < -0.4 is 10.1 Å². The Balaban J connectivity index is 1.28. The van der Waals surface area contributed by atoms with Gasteiger partial charge in [0.25, 0.3) is 5.91 Å². The average Bonchev–Trinajstić information content (AvgIpc) is 3.22. The van der Waals surface area contributed by atoms with Gasteiger partial charge >= 0.3 is 6.01 Å². The van der Waals surface area contributed by atoms with Crippen molar-refractivity contribution in [2.45, 2.75) is 37.8 Å². The molecule has 1 saturated carbocycles. The second kappa shape index (κ2) is 8.38. The first-order valence-electron chi connectivity index (χ1n) is 9.46. The molecule has 150 valence electrons. The molecule has 4 rings (SSSR count). The zero-order valence-corrected chi connectivity index (χ0v) is 15.6. The van der Waals surface area contributed by atoms with Crippen molar-refractivity contribution >= 4 is 5.91 Å². The number of H-pyrrole nitrogens is 1. The molecule has 8 heteroatoms. The predicted molar refractivity (Wildman–Crippen MR) is 102 cm³/mol. The van der Waals surface area contributed by atoms with Crippen LogP contribution in [0.5, 0.6) is 6.01 Å². The van der Waals surface area contributed by atoms with Crippen molar-refractivity contribution in [3.05, 3.63) is 66.3 Å². The molecule has 1 fully saturated rings. The number of hydrogen-bond acceptors (Lipinski definition) is 4. The van der Waals surface area contributed by atoms with E-state index in [0.717, 1.165) is 49.2 Å². The van der Waals surface area contributed by atoms with Crippen LogP contribution in [0.1, 0.15) is 36.2 Å². The average molecular weight is 398 g/mol. The van der Waals surface area contributed by atoms with Gasteiger partial charge in [-0.3, -0.25) is 4.79 Å². The molecule has 0 radical (unpaired) electrons. The molecule has 1 amide bonds. The summed E-state index contributed by atoms with van der Waals surface area (Å²) in [5, 5.41) is 3.03. The number of rotatable bonds is 5. The van der Waals surface area contributed by atoms with Crippen LogP contribution in [-0.2, 0) is 0 Å². The minimum Gasteiger partial charge on any atom is -0.460 e. The maximum absolute atomic E-state index is 13.1. The maximum atomic E-state index is 13.1. The van der Waals surface area contributed by atoms with Crippen LogP contribution in [0.4, 0.5) is 8.78 Å². The fraction of sp³-hybridized carbons (Fsp3) is 0.286. The highest BCUT2D eigenvalue weighted by atomic mass is 19.1. The molecule has 0 saturated heterocycles. The van der Waals surface area contributed by atoms with Crippen LogP contribution in [0, 0.1) is 11.6 Å². The largest absolute Gasteiger partial charge is 0.460 e. The van der Waals surface area contributed by atoms with E-state index in [-0.39, 0.29) is 29.9 Å². The fourth-order valence-corrected chi connectivity index (χ4v) is 3.43. The molecule has 2 heterocycles. The minimum atomic E-state index is -0.504. The van der Waals surface area contributed by atoms with Gasteiger partial charge in [0, 0.05) is 12.2 Å². The van der Waals surface area contributed by atoms with E-state index in [1.165, 1.54) is 12.1 Å². The van der Waals surface area contributed by atoms with Gasteiger partial charge in [0.15, 0.2) is 5.82 Å². The second-order valence-electron chi connectivity index (χ2n) is 7.06. The summed E-state index contributed by atoms with van der Waals surface area (Å²) in [7, 11) is 0. The van der Waals surface area contributed by atoms with Gasteiger partial charge in [0.2, 0.25) is 0 Å². The highest BCUT2D eigenvalue weighted by molar-refractivity contribution is 5.94. The smallest absolute Gasteiger partial charge is 0.316 e. The molecule has 0 unspecified atom stereocenters. The van der Waals surface area contributed by atoms with E-state index in [2.05, 4.69) is 20.3 Å². The van der Waals surface area contributed by atoms with E-state index < -0.39 is 5.82 Å². The van der Waals surface area contributed by atoms with E-state index in [1.54, 1.807) is 24.4 Å². The fourth-order valence-electron chi connectivity index (χ4n) is 3.43. The van der Waals surface area contributed by atoms with Crippen LogP contribution in [0.25, 0.3) is 11.1 Å². The summed E-state index contributed by atoms with van der Waals surface area (Å²) < 4.78 is 31.6. The number of halogens is 2. The zero-order valence-electron chi connectivity index (χ0n) is 15.6. The van der Waals surface area contributed by atoms with E-state index in [1.807, 2.05) is 0 Å². The molecular weight excluding hydrogens is 378 g/mol. The molecule has 1 aliphatic carbocycles.